The van der Waals surface area contributed by atoms with Crippen LogP contribution in [0.4, 0.5) is 5.69 Å². The Morgan fingerprint density at radius 1 is 0.968 bits per heavy atom. The highest BCUT2D eigenvalue weighted by atomic mass is 32.1. The van der Waals surface area contributed by atoms with E-state index in [-0.39, 0.29) is 5.91 Å². The van der Waals surface area contributed by atoms with Crippen molar-refractivity contribution in [3.05, 3.63) is 71.4 Å². The third kappa shape index (κ3) is 3.83. The first-order valence-electron chi connectivity index (χ1n) is 10.7. The van der Waals surface area contributed by atoms with Gasteiger partial charge in [-0.05, 0) is 37.4 Å². The SMILES string of the molecule is Cc1cc(C)n(CC(=O)N2CCN(c3ccccc3-c3csc4ccccc34)CC2)n1. The summed E-state index contributed by atoms with van der Waals surface area (Å²) in [5.41, 5.74) is 5.78. The van der Waals surface area contributed by atoms with E-state index in [1.807, 2.05) is 24.8 Å². The normalized spacial score (nSPS) is 14.4. The molecule has 1 fully saturated rings. The summed E-state index contributed by atoms with van der Waals surface area (Å²) >= 11 is 1.79. The van der Waals surface area contributed by atoms with Crippen LogP contribution in [0.3, 0.4) is 0 Å². The van der Waals surface area contributed by atoms with Crippen LogP contribution >= 0.6 is 11.3 Å². The molecule has 2 aromatic carbocycles. The number of piperazine rings is 1. The van der Waals surface area contributed by atoms with Gasteiger partial charge < -0.3 is 9.80 Å². The number of anilines is 1. The summed E-state index contributed by atoms with van der Waals surface area (Å²) < 4.78 is 3.12. The lowest BCUT2D eigenvalue weighted by molar-refractivity contribution is -0.132. The van der Waals surface area contributed by atoms with E-state index in [0.717, 1.165) is 37.6 Å². The van der Waals surface area contributed by atoms with Gasteiger partial charge in [-0.25, -0.2) is 0 Å². The first-order chi connectivity index (χ1) is 15.1. The second-order valence-corrected chi connectivity index (χ2v) is 9.03. The van der Waals surface area contributed by atoms with E-state index in [1.54, 1.807) is 16.0 Å². The minimum Gasteiger partial charge on any atom is -0.367 e. The Hall–Kier alpha value is -3.12. The molecule has 0 N–H and O–H groups in total. The number of carbonyl (C=O) groups excluding carboxylic acids is 1. The summed E-state index contributed by atoms with van der Waals surface area (Å²) in [6, 6.07) is 19.2. The van der Waals surface area contributed by atoms with Crippen molar-refractivity contribution in [3.63, 3.8) is 0 Å². The topological polar surface area (TPSA) is 41.4 Å². The predicted molar refractivity (Wildman–Crippen MR) is 128 cm³/mol. The molecule has 5 nitrogen and oxygen atoms in total. The summed E-state index contributed by atoms with van der Waals surface area (Å²) in [6.45, 7) is 7.41. The molecule has 1 aliphatic heterocycles. The fourth-order valence-electron chi connectivity index (χ4n) is 4.42. The first-order valence-corrected chi connectivity index (χ1v) is 11.6. The summed E-state index contributed by atoms with van der Waals surface area (Å²) in [4.78, 5) is 17.2. The van der Waals surface area contributed by atoms with Crippen molar-refractivity contribution >= 4 is 33.0 Å². The summed E-state index contributed by atoms with van der Waals surface area (Å²) in [5.74, 6) is 0.142. The molecule has 6 heteroatoms. The van der Waals surface area contributed by atoms with E-state index < -0.39 is 0 Å². The van der Waals surface area contributed by atoms with Crippen molar-refractivity contribution in [3.8, 4) is 11.1 Å². The van der Waals surface area contributed by atoms with Crippen LogP contribution in [0.15, 0.2) is 60.0 Å². The number of rotatable bonds is 4. The number of amides is 1. The van der Waals surface area contributed by atoms with Crippen LogP contribution in [0.2, 0.25) is 0 Å². The lowest BCUT2D eigenvalue weighted by Gasteiger charge is -2.37. The second kappa shape index (κ2) is 8.19. The van der Waals surface area contributed by atoms with E-state index >= 15 is 0 Å². The maximum Gasteiger partial charge on any atom is 0.244 e. The first kappa shape index (κ1) is 19.8. The molecule has 0 spiro atoms. The molecule has 0 unspecified atom stereocenters. The second-order valence-electron chi connectivity index (χ2n) is 8.12. The van der Waals surface area contributed by atoms with E-state index in [2.05, 4.69) is 63.9 Å². The number of nitrogens with zero attached hydrogens (tertiary/aromatic N) is 4. The fourth-order valence-corrected chi connectivity index (χ4v) is 5.38. The Labute approximate surface area is 186 Å². The average molecular weight is 431 g/mol. The number of benzene rings is 2. The van der Waals surface area contributed by atoms with Crippen LogP contribution in [0.5, 0.6) is 0 Å². The zero-order chi connectivity index (χ0) is 21.4. The maximum atomic E-state index is 12.8. The van der Waals surface area contributed by atoms with Crippen molar-refractivity contribution in [2.45, 2.75) is 20.4 Å². The number of para-hydroxylation sites is 1. The number of carbonyl (C=O) groups is 1. The number of hydrogen-bond donors (Lipinski definition) is 0. The number of thiophene rings is 1. The van der Waals surface area contributed by atoms with E-state index in [4.69, 9.17) is 0 Å². The van der Waals surface area contributed by atoms with Gasteiger partial charge in [0.05, 0.1) is 5.69 Å². The zero-order valence-corrected chi connectivity index (χ0v) is 18.7. The highest BCUT2D eigenvalue weighted by Gasteiger charge is 2.24. The lowest BCUT2D eigenvalue weighted by Crippen LogP contribution is -2.49. The maximum absolute atomic E-state index is 12.8. The van der Waals surface area contributed by atoms with E-state index in [9.17, 15) is 4.79 Å². The number of hydrogen-bond acceptors (Lipinski definition) is 4. The monoisotopic (exact) mass is 430 g/mol. The molecule has 158 valence electrons. The summed E-state index contributed by atoms with van der Waals surface area (Å²) in [6.07, 6.45) is 0. The molecule has 1 saturated heterocycles. The zero-order valence-electron chi connectivity index (χ0n) is 17.9. The van der Waals surface area contributed by atoms with Gasteiger partial charge in [-0.3, -0.25) is 9.48 Å². The van der Waals surface area contributed by atoms with Gasteiger partial charge >= 0.3 is 0 Å². The Bertz CT molecular complexity index is 1230. The van der Waals surface area contributed by atoms with Gasteiger partial charge in [0.25, 0.3) is 0 Å². The quantitative estimate of drug-likeness (QED) is 0.470. The molecule has 0 aliphatic carbocycles. The molecule has 2 aromatic heterocycles. The standard InChI is InChI=1S/C25H26N4OS/c1-18-15-19(2)29(26-18)16-25(30)28-13-11-27(12-14-28)23-9-5-3-7-20(23)22-17-31-24-10-6-4-8-21(22)24/h3-10,15,17H,11-14,16H2,1-2H3. The van der Waals surface area contributed by atoms with Crippen molar-refractivity contribution in [1.82, 2.24) is 14.7 Å². The highest BCUT2D eigenvalue weighted by Crippen LogP contribution is 2.39. The lowest BCUT2D eigenvalue weighted by atomic mass is 10.0. The minimum atomic E-state index is 0.142. The smallest absolute Gasteiger partial charge is 0.244 e. The Morgan fingerprint density at radius 3 is 2.48 bits per heavy atom. The fraction of sp³-hybridized carbons (Fsp3) is 0.280. The Morgan fingerprint density at radius 2 is 1.71 bits per heavy atom. The van der Waals surface area contributed by atoms with Crippen LogP contribution in [0.1, 0.15) is 11.4 Å². The highest BCUT2D eigenvalue weighted by molar-refractivity contribution is 7.17. The molecule has 3 heterocycles. The van der Waals surface area contributed by atoms with Crippen molar-refractivity contribution < 1.29 is 4.79 Å². The molecule has 1 aliphatic rings. The van der Waals surface area contributed by atoms with Crippen LogP contribution in [-0.4, -0.2) is 46.8 Å². The molecular formula is C25H26N4OS. The van der Waals surface area contributed by atoms with Crippen LogP contribution in [0.25, 0.3) is 21.2 Å². The molecule has 31 heavy (non-hydrogen) atoms. The summed E-state index contributed by atoms with van der Waals surface area (Å²) in [7, 11) is 0. The Balaban J connectivity index is 1.32. The van der Waals surface area contributed by atoms with Crippen LogP contribution < -0.4 is 4.90 Å². The molecule has 5 rings (SSSR count). The van der Waals surface area contributed by atoms with Gasteiger partial charge in [0.2, 0.25) is 5.91 Å². The van der Waals surface area contributed by atoms with Crippen molar-refractivity contribution in [2.75, 3.05) is 31.1 Å². The minimum absolute atomic E-state index is 0.142. The number of aromatic nitrogens is 2. The average Bonchev–Trinajstić information content (AvgIpc) is 3.36. The van der Waals surface area contributed by atoms with E-state index in [1.165, 1.54) is 26.9 Å². The Kier molecular flexibility index (Phi) is 5.24. The molecule has 1 amide bonds. The van der Waals surface area contributed by atoms with Gasteiger partial charge in [-0.1, -0.05) is 36.4 Å². The molecular weight excluding hydrogens is 404 g/mol. The molecule has 4 aromatic rings. The van der Waals surface area contributed by atoms with Gasteiger partial charge in [-0.15, -0.1) is 11.3 Å². The van der Waals surface area contributed by atoms with Gasteiger partial charge in [-0.2, -0.15) is 5.10 Å². The largest absolute Gasteiger partial charge is 0.367 e. The summed E-state index contributed by atoms with van der Waals surface area (Å²) in [5, 5.41) is 8.00. The van der Waals surface area contributed by atoms with Crippen LogP contribution in [-0.2, 0) is 11.3 Å². The van der Waals surface area contributed by atoms with Gasteiger partial charge in [0.15, 0.2) is 0 Å². The third-order valence-corrected chi connectivity index (χ3v) is 7.00. The molecule has 0 atom stereocenters. The number of aryl methyl sites for hydroxylation is 2. The molecule has 0 radical (unpaired) electrons. The molecule has 0 saturated carbocycles. The molecule has 0 bridgehead atoms. The number of fused-ring (bicyclic) bond motifs is 1. The van der Waals surface area contributed by atoms with E-state index in [0.29, 0.717) is 6.54 Å². The third-order valence-electron chi connectivity index (χ3n) is 6.04. The predicted octanol–water partition coefficient (Wildman–Crippen LogP) is 4.73. The van der Waals surface area contributed by atoms with Gasteiger partial charge in [0.1, 0.15) is 6.54 Å². The van der Waals surface area contributed by atoms with Gasteiger partial charge in [0, 0.05) is 58.8 Å². The van der Waals surface area contributed by atoms with Crippen molar-refractivity contribution in [2.24, 2.45) is 0 Å². The van der Waals surface area contributed by atoms with Crippen molar-refractivity contribution in [1.29, 1.82) is 0 Å². The van der Waals surface area contributed by atoms with Crippen LogP contribution in [0, 0.1) is 13.8 Å².